The predicted octanol–water partition coefficient (Wildman–Crippen LogP) is 20.9. The molecule has 358 valence electrons. The number of hydrogen-bond donors (Lipinski definition) is 0. The van der Waals surface area contributed by atoms with Gasteiger partial charge < -0.3 is 0 Å². The lowest BCUT2D eigenvalue weighted by molar-refractivity contribution is 0.660. The van der Waals surface area contributed by atoms with Crippen LogP contribution in [0.15, 0.2) is 218 Å². The largest absolute Gasteiger partial charge is 0.0616 e. The number of rotatable bonds is 5. The molecule has 12 aromatic carbocycles. The van der Waals surface area contributed by atoms with Gasteiger partial charge in [-0.05, 0) is 215 Å². The number of hydrogen-bond acceptors (Lipinski definition) is 0. The second-order valence-corrected chi connectivity index (χ2v) is 23.2. The van der Waals surface area contributed by atoms with Crippen molar-refractivity contribution in [2.45, 2.75) is 52.4 Å². The molecule has 0 aliphatic heterocycles. The van der Waals surface area contributed by atoms with E-state index < -0.39 is 0 Å². The summed E-state index contributed by atoms with van der Waals surface area (Å²) in [6.07, 6.45) is 0. The van der Waals surface area contributed by atoms with Crippen LogP contribution in [0, 0.1) is 13.8 Å². The summed E-state index contributed by atoms with van der Waals surface area (Å²) < 4.78 is 0. The Hall–Kier alpha value is -8.84. The van der Waals surface area contributed by atoms with Crippen molar-refractivity contribution >= 4 is 21.5 Å². The van der Waals surface area contributed by atoms with Gasteiger partial charge in [0.25, 0.3) is 0 Å². The molecular formula is C76H54. The second-order valence-electron chi connectivity index (χ2n) is 23.2. The first-order valence-corrected chi connectivity index (χ1v) is 27.1. The molecule has 0 N–H and O–H groups in total. The molecule has 0 bridgehead atoms. The maximum absolute atomic E-state index is 2.48. The van der Waals surface area contributed by atoms with Gasteiger partial charge in [0, 0.05) is 10.8 Å². The summed E-state index contributed by atoms with van der Waals surface area (Å²) in [6.45, 7) is 14.2. The number of fused-ring (bicyclic) bond motifs is 12. The number of benzene rings is 12. The molecule has 0 aromatic heterocycles. The second kappa shape index (κ2) is 15.4. The van der Waals surface area contributed by atoms with Crippen molar-refractivity contribution in [2.24, 2.45) is 0 Å². The van der Waals surface area contributed by atoms with E-state index in [-0.39, 0.29) is 10.8 Å². The zero-order valence-corrected chi connectivity index (χ0v) is 43.8. The van der Waals surface area contributed by atoms with Gasteiger partial charge in [-0.1, -0.05) is 222 Å². The van der Waals surface area contributed by atoms with E-state index in [1.54, 1.807) is 0 Å². The molecule has 0 radical (unpaired) electrons. The van der Waals surface area contributed by atoms with Crippen LogP contribution < -0.4 is 0 Å². The van der Waals surface area contributed by atoms with Crippen molar-refractivity contribution in [2.75, 3.05) is 0 Å². The van der Waals surface area contributed by atoms with Gasteiger partial charge in [-0.25, -0.2) is 0 Å². The van der Waals surface area contributed by atoms with Crippen LogP contribution in [0.4, 0.5) is 0 Å². The monoisotopic (exact) mass is 966 g/mol. The van der Waals surface area contributed by atoms with Gasteiger partial charge in [-0.3, -0.25) is 0 Å². The van der Waals surface area contributed by atoms with E-state index in [0.717, 1.165) is 0 Å². The van der Waals surface area contributed by atoms with Crippen molar-refractivity contribution in [3.05, 3.63) is 252 Å². The summed E-state index contributed by atoms with van der Waals surface area (Å²) in [6, 6.07) is 83.5. The summed E-state index contributed by atoms with van der Waals surface area (Å²) in [5.74, 6) is 0. The molecule has 0 fully saturated rings. The third kappa shape index (κ3) is 5.90. The molecule has 0 saturated heterocycles. The summed E-state index contributed by atoms with van der Waals surface area (Å²) in [5, 5.41) is 5.40. The summed E-state index contributed by atoms with van der Waals surface area (Å²) in [4.78, 5) is 0. The molecule has 4 aliphatic rings. The Balaban J connectivity index is 0.680. The Labute approximate surface area is 445 Å². The summed E-state index contributed by atoms with van der Waals surface area (Å²) in [7, 11) is 0. The normalized spacial score (nSPS) is 14.1. The molecule has 0 heteroatoms. The van der Waals surface area contributed by atoms with Gasteiger partial charge in [-0.15, -0.1) is 0 Å². The Morgan fingerprint density at radius 1 is 0.211 bits per heavy atom. The van der Waals surface area contributed by atoms with Crippen LogP contribution in [0.2, 0.25) is 0 Å². The van der Waals surface area contributed by atoms with E-state index in [1.807, 2.05) is 0 Å². The van der Waals surface area contributed by atoms with E-state index in [9.17, 15) is 0 Å². The average Bonchev–Trinajstić information content (AvgIpc) is 4.23. The van der Waals surface area contributed by atoms with Crippen LogP contribution in [-0.2, 0) is 10.8 Å². The number of aryl methyl sites for hydroxylation is 2. The molecule has 0 atom stereocenters. The molecule has 0 heterocycles. The van der Waals surface area contributed by atoms with Gasteiger partial charge in [0.1, 0.15) is 0 Å². The highest BCUT2D eigenvalue weighted by molar-refractivity contribution is 6.20. The fourth-order valence-electron chi connectivity index (χ4n) is 14.6. The minimum atomic E-state index is -0.158. The smallest absolute Gasteiger partial charge is 0.0159 e. The van der Waals surface area contributed by atoms with Gasteiger partial charge in [0.05, 0.1) is 0 Å². The first-order valence-electron chi connectivity index (χ1n) is 27.1. The van der Waals surface area contributed by atoms with E-state index in [0.29, 0.717) is 0 Å². The highest BCUT2D eigenvalue weighted by Crippen LogP contribution is 2.55. The quantitative estimate of drug-likeness (QED) is 0.161. The Morgan fingerprint density at radius 2 is 0.461 bits per heavy atom. The van der Waals surface area contributed by atoms with Gasteiger partial charge in [-0.2, -0.15) is 0 Å². The van der Waals surface area contributed by atoms with Crippen molar-refractivity contribution in [3.8, 4) is 122 Å². The van der Waals surface area contributed by atoms with E-state index in [2.05, 4.69) is 260 Å². The molecule has 0 amide bonds. The molecule has 0 spiro atoms. The SMILES string of the molecule is Cc1cc(-c2ccc3c(c2)C(C)(C)c2cc(-c4ccc5c(c4)C(C)(C)c4cc(-c6ccc(-c7ccc8c9c(cccc79)-c7ccccc7-8)c(C)c6)ccc4-5)ccc2-3)ccc1-c1ccc2c3c(cccc13)-c1ccccc1-2. The molecule has 4 aliphatic carbocycles. The van der Waals surface area contributed by atoms with E-state index >= 15 is 0 Å². The molecule has 16 rings (SSSR count). The van der Waals surface area contributed by atoms with Crippen LogP contribution in [0.25, 0.3) is 144 Å². The molecule has 0 unspecified atom stereocenters. The highest BCUT2D eigenvalue weighted by Gasteiger charge is 2.38. The Morgan fingerprint density at radius 3 is 0.776 bits per heavy atom. The maximum Gasteiger partial charge on any atom is 0.0159 e. The van der Waals surface area contributed by atoms with Crippen LogP contribution in [0.5, 0.6) is 0 Å². The first-order chi connectivity index (χ1) is 37.0. The van der Waals surface area contributed by atoms with E-state index in [1.165, 1.54) is 177 Å². The summed E-state index contributed by atoms with van der Waals surface area (Å²) in [5.41, 5.74) is 36.7. The zero-order chi connectivity index (χ0) is 50.9. The molecular weight excluding hydrogens is 913 g/mol. The predicted molar refractivity (Wildman–Crippen MR) is 322 cm³/mol. The van der Waals surface area contributed by atoms with Crippen LogP contribution >= 0.6 is 0 Å². The van der Waals surface area contributed by atoms with Crippen molar-refractivity contribution < 1.29 is 0 Å². The third-order valence-electron chi connectivity index (χ3n) is 18.5. The van der Waals surface area contributed by atoms with Gasteiger partial charge in [0.15, 0.2) is 0 Å². The van der Waals surface area contributed by atoms with Crippen molar-refractivity contribution in [3.63, 3.8) is 0 Å². The average molecular weight is 967 g/mol. The fourth-order valence-corrected chi connectivity index (χ4v) is 14.6. The fraction of sp³-hybridized carbons (Fsp3) is 0.105. The lowest BCUT2D eigenvalue weighted by Gasteiger charge is -2.24. The minimum absolute atomic E-state index is 0.158. The molecule has 0 nitrogen and oxygen atoms in total. The van der Waals surface area contributed by atoms with Gasteiger partial charge >= 0.3 is 0 Å². The lowest BCUT2D eigenvalue weighted by Crippen LogP contribution is -2.15. The van der Waals surface area contributed by atoms with Crippen molar-refractivity contribution in [1.82, 2.24) is 0 Å². The first kappa shape index (κ1) is 43.5. The Bertz CT molecular complexity index is 4240. The lowest BCUT2D eigenvalue weighted by atomic mass is 9.79. The molecule has 0 saturated carbocycles. The van der Waals surface area contributed by atoms with Crippen LogP contribution in [0.3, 0.4) is 0 Å². The summed E-state index contributed by atoms with van der Waals surface area (Å²) >= 11 is 0. The topological polar surface area (TPSA) is 0 Å². The van der Waals surface area contributed by atoms with Crippen LogP contribution in [-0.4, -0.2) is 0 Å². The highest BCUT2D eigenvalue weighted by atomic mass is 14.4. The van der Waals surface area contributed by atoms with Crippen molar-refractivity contribution in [1.29, 1.82) is 0 Å². The van der Waals surface area contributed by atoms with Gasteiger partial charge in [0.2, 0.25) is 0 Å². The molecule has 76 heavy (non-hydrogen) atoms. The third-order valence-corrected chi connectivity index (χ3v) is 18.5. The maximum atomic E-state index is 2.48. The Kier molecular flexibility index (Phi) is 8.81. The zero-order valence-electron chi connectivity index (χ0n) is 43.8. The molecule has 12 aromatic rings. The standard InChI is InChI=1S/C76H54/c1-43-37-45(21-27-51(43)57-33-35-67-55-15-9-7-13-53(55)63-17-11-19-65(57)73(63)67)47-23-29-59-61-31-25-49(41-71(61)75(3,4)69(59)39-47)50-26-32-62-60-30-24-48(40-70(60)76(5,6)72(62)42-50)46-22-28-52(44(2)38-46)58-34-36-68-56-16-10-8-14-54(56)64-18-12-20-66(58)74(64)68/h7-42H,1-6H3. The van der Waals surface area contributed by atoms with Crippen LogP contribution in [0.1, 0.15) is 61.1 Å². The van der Waals surface area contributed by atoms with E-state index in [4.69, 9.17) is 0 Å². The minimum Gasteiger partial charge on any atom is -0.0616 e.